The molecule has 5 atom stereocenters. The zero-order chi connectivity index (χ0) is 69.3. The van der Waals surface area contributed by atoms with Crippen molar-refractivity contribution in [3.63, 3.8) is 0 Å². The minimum atomic E-state index is -4.96. The number of nitrogens with one attached hydrogen (secondary N) is 3. The fourth-order valence-corrected chi connectivity index (χ4v) is 18.7. The molecular weight excluding hydrogens is 1310 g/mol. The summed E-state index contributed by atoms with van der Waals surface area (Å²) in [5, 5.41) is 10.9. The van der Waals surface area contributed by atoms with Crippen molar-refractivity contribution in [1.82, 2.24) is 20.4 Å². The third-order valence-corrected chi connectivity index (χ3v) is 23.1. The third kappa shape index (κ3) is 11.8. The SMILES string of the molecule is CC(=O)CC(CCCCN)C(=O)NC(C(=O)CC(CCCNC(N)=O)C(=O)Nc1ccc(COC(=O)N(C)CCN(C)C(=O)Oc2cc3c(c4ccccc24)C(CCl)CN3C(=O)C23C4C5C2C2C3C4C52C(=O)N2CC(CCl)c3c2cc(OP(=O)(O)O)c2ccccc32)cc1)C(C)C. The number of halogens is 2. The molecule has 0 radical (unpaired) electrons. The number of nitrogens with two attached hydrogens (primary N) is 2. The fraction of sp³-hybridized carbons (Fsp3) is 0.500. The van der Waals surface area contributed by atoms with Crippen molar-refractivity contribution >= 4 is 123 Å². The van der Waals surface area contributed by atoms with E-state index in [-0.39, 0.29) is 145 Å². The lowest BCUT2D eigenvalue weighted by atomic mass is 8.92. The Hall–Kier alpha value is -7.86. The number of primary amides is 1. The van der Waals surface area contributed by atoms with Crippen molar-refractivity contribution in [2.24, 2.45) is 75.6 Å². The number of Topliss-reactive ketones (excluding diaryl/α,β-unsaturated/α-hetero) is 2. The summed E-state index contributed by atoms with van der Waals surface area (Å²) in [4.78, 5) is 148. The number of carbonyl (C=O) groups excluding carboxylic acids is 9. The van der Waals surface area contributed by atoms with Gasteiger partial charge >= 0.3 is 26.0 Å². The Labute approximate surface area is 571 Å². The first-order valence-electron chi connectivity index (χ1n) is 33.2. The van der Waals surface area contributed by atoms with Gasteiger partial charge in [0.2, 0.25) is 23.6 Å². The zero-order valence-electron chi connectivity index (χ0n) is 54.7. The number of rotatable bonds is 30. The molecule has 8 aliphatic rings. The smallest absolute Gasteiger partial charge is 0.445 e. The average molecular weight is 1390 g/mol. The number of nitrogens with zero attached hydrogens (tertiary/aromatic N) is 4. The van der Waals surface area contributed by atoms with Gasteiger partial charge in [0.1, 0.15) is 23.9 Å². The van der Waals surface area contributed by atoms with Gasteiger partial charge in [-0.25, -0.2) is 18.9 Å². The summed E-state index contributed by atoms with van der Waals surface area (Å²) < 4.78 is 29.2. The average Bonchev–Trinajstić information content (AvgIpc) is 0.710. The van der Waals surface area contributed by atoms with Crippen LogP contribution in [0.3, 0.4) is 0 Å². The number of hydrogen-bond acceptors (Lipinski definition) is 14. The van der Waals surface area contributed by atoms with Crippen molar-refractivity contribution in [2.45, 2.75) is 90.2 Å². The maximum absolute atomic E-state index is 15.3. The number of amides is 8. The van der Waals surface area contributed by atoms with E-state index in [1.54, 1.807) is 74.3 Å². The van der Waals surface area contributed by atoms with Crippen LogP contribution in [0.2, 0.25) is 0 Å². The number of likely N-dealkylation sites (N-methyl/N-ethyl adjacent to an activating group) is 2. The van der Waals surface area contributed by atoms with Crippen LogP contribution in [0.15, 0.2) is 84.9 Å². The van der Waals surface area contributed by atoms with Crippen LogP contribution in [-0.4, -0.2) is 144 Å². The normalized spacial score (nSPS) is 24.7. The quantitative estimate of drug-likeness (QED) is 0.0128. The summed E-state index contributed by atoms with van der Waals surface area (Å²) in [6.45, 7) is 6.23. The number of carbonyl (C=O) groups is 9. The number of phosphoric acid groups is 1. The maximum atomic E-state index is 15.3. The van der Waals surface area contributed by atoms with Crippen LogP contribution in [0.1, 0.15) is 94.2 Å². The van der Waals surface area contributed by atoms with Crippen LogP contribution in [0.25, 0.3) is 21.5 Å². The second-order valence-corrected chi connectivity index (χ2v) is 29.5. The first-order valence-corrected chi connectivity index (χ1v) is 35.8. The van der Waals surface area contributed by atoms with Gasteiger partial charge in [0.25, 0.3) is 0 Å². The zero-order valence-corrected chi connectivity index (χ0v) is 57.1. The van der Waals surface area contributed by atoms with E-state index in [1.165, 1.54) is 23.8 Å². The van der Waals surface area contributed by atoms with E-state index in [0.29, 0.717) is 84.1 Å². The highest BCUT2D eigenvalue weighted by atomic mass is 35.5. The number of anilines is 3. The molecule has 97 heavy (non-hydrogen) atoms. The largest absolute Gasteiger partial charge is 0.524 e. The Bertz CT molecular complexity index is 4020. The van der Waals surface area contributed by atoms with Crippen LogP contribution < -0.4 is 46.5 Å². The number of ether oxygens (including phenoxy) is 2. The molecule has 5 unspecified atom stereocenters. The number of urea groups is 1. The molecule has 6 fully saturated rings. The van der Waals surface area contributed by atoms with E-state index in [1.807, 2.05) is 41.3 Å². The van der Waals surface area contributed by atoms with Gasteiger partial charge in [-0.3, -0.25) is 33.8 Å². The minimum Gasteiger partial charge on any atom is -0.445 e. The van der Waals surface area contributed by atoms with Crippen LogP contribution in [0, 0.1) is 64.1 Å². The first-order chi connectivity index (χ1) is 46.3. The summed E-state index contributed by atoms with van der Waals surface area (Å²) >= 11 is 13.3. The summed E-state index contributed by atoms with van der Waals surface area (Å²) in [7, 11) is -1.89. The molecule has 0 bridgehead atoms. The maximum Gasteiger partial charge on any atom is 0.524 e. The van der Waals surface area contributed by atoms with Gasteiger partial charge in [-0.15, -0.1) is 23.2 Å². The predicted octanol–water partition coefficient (Wildman–Crippen LogP) is 8.77. The molecule has 5 aromatic rings. The van der Waals surface area contributed by atoms with Crippen molar-refractivity contribution in [3.05, 3.63) is 102 Å². The van der Waals surface area contributed by atoms with Crippen molar-refractivity contribution < 1.29 is 71.5 Å². The summed E-state index contributed by atoms with van der Waals surface area (Å²) in [5.41, 5.74) is 13.6. The molecular formula is C70H82Cl2N9O15P. The van der Waals surface area contributed by atoms with E-state index >= 15 is 9.59 Å². The number of benzene rings is 5. The molecule has 0 aromatic heterocycles. The van der Waals surface area contributed by atoms with Gasteiger partial charge in [-0.05, 0) is 120 Å². The molecule has 9 N–H and O–H groups in total. The highest BCUT2D eigenvalue weighted by molar-refractivity contribution is 7.46. The van der Waals surface area contributed by atoms with Crippen LogP contribution >= 0.6 is 31.0 Å². The van der Waals surface area contributed by atoms with Crippen LogP contribution in [-0.2, 0) is 44.7 Å². The monoisotopic (exact) mass is 1390 g/mol. The number of phosphoric ester groups is 1. The number of unbranched alkanes of at least 4 members (excludes halogenated alkanes) is 1. The lowest BCUT2D eigenvalue weighted by molar-refractivity contribution is -0.623. The molecule has 24 nitrogen and oxygen atoms in total. The Balaban J connectivity index is 0.648. The number of hydrogen-bond donors (Lipinski definition) is 7. The van der Waals surface area contributed by atoms with Gasteiger partial charge < -0.3 is 65.8 Å². The van der Waals surface area contributed by atoms with Gasteiger partial charge in [-0.2, -0.15) is 0 Å². The fourth-order valence-electron chi connectivity index (χ4n) is 17.8. The van der Waals surface area contributed by atoms with Crippen LogP contribution in [0.4, 0.5) is 31.4 Å². The van der Waals surface area contributed by atoms with E-state index in [9.17, 15) is 47.9 Å². The minimum absolute atomic E-state index is 0.000193. The van der Waals surface area contributed by atoms with E-state index in [2.05, 4.69) is 16.0 Å². The lowest BCUT2D eigenvalue weighted by Crippen LogP contribution is -3.12. The molecule has 27 heteroatoms. The number of ketones is 2. The molecule has 0 saturated heterocycles. The second kappa shape index (κ2) is 27.1. The molecule has 2 aliphatic heterocycles. The van der Waals surface area contributed by atoms with E-state index < -0.39 is 66.6 Å². The second-order valence-electron chi connectivity index (χ2n) is 27.7. The summed E-state index contributed by atoms with van der Waals surface area (Å²) in [6.07, 6.45) is 0.712. The molecule has 0 spiro atoms. The Morgan fingerprint density at radius 2 is 1.18 bits per heavy atom. The van der Waals surface area contributed by atoms with Gasteiger partial charge in [0.15, 0.2) is 5.78 Å². The van der Waals surface area contributed by atoms with Gasteiger partial charge in [0, 0.05) is 124 Å². The molecule has 6 saturated carbocycles. The molecule has 6 aliphatic carbocycles. The lowest BCUT2D eigenvalue weighted by Gasteiger charge is -3.09. The highest BCUT2D eigenvalue weighted by Gasteiger charge is 3.13. The highest BCUT2D eigenvalue weighted by Crippen LogP contribution is 3.10. The molecule has 5 aromatic carbocycles. The topological polar surface area (TPSA) is 340 Å². The van der Waals surface area contributed by atoms with Crippen molar-refractivity contribution in [1.29, 1.82) is 0 Å². The first kappa shape index (κ1) is 69.1. The van der Waals surface area contributed by atoms with Crippen molar-refractivity contribution in [2.75, 3.05) is 80.2 Å². The molecule has 516 valence electrons. The predicted molar refractivity (Wildman–Crippen MR) is 363 cm³/mol. The molecule has 13 rings (SSSR count). The Morgan fingerprint density at radius 3 is 1.67 bits per heavy atom. The van der Waals surface area contributed by atoms with E-state index in [4.69, 9.17) is 48.7 Å². The van der Waals surface area contributed by atoms with Gasteiger partial charge in [-0.1, -0.05) is 80.9 Å². The Kier molecular flexibility index (Phi) is 19.3. The number of fused-ring (bicyclic) bond motifs is 6. The standard InChI is InChI=1S/C70H82Cl2N9O15P/c1-36(2)61(77-63(85)39(27-37(3)82)13-10-11-23-73)50(83)28-40(14-12-24-75-66(74)88)62(84)76-43-21-19-38(20-22-43)35-94-67(89)78(4)25-26-79(5)68(90)95-51-29-48-53(46-17-8-6-15-44(46)51)41(31-71)33-80(48)64(86)69-55-58-56(69)60-57(69)59(55)70(58,60)65(87)81-34-42(32-72)54-47-18-9-7-16-45(47)52(30-49(54)81)96-97(91,92)93/h6-9,15-22,29-30,36,39-42,55-61H,10-14,23-28,31-35,73H2,1-5H3,(H,76,84)(H,77,85)(H3,74,75,88)(H2,91,92,93). The summed E-state index contributed by atoms with van der Waals surface area (Å²) in [5.74, 6) is -2.82. The van der Waals surface area contributed by atoms with E-state index in [0.717, 1.165) is 16.5 Å². The molecule has 8 amide bonds. The van der Waals surface area contributed by atoms with Gasteiger partial charge in [0.05, 0.1) is 28.2 Å². The third-order valence-electron chi connectivity index (χ3n) is 22.0. The number of alkyl halides is 2. The summed E-state index contributed by atoms with van der Waals surface area (Å²) in [6, 6.07) is 22.9. The van der Waals surface area contributed by atoms with Crippen molar-refractivity contribution in [3.8, 4) is 11.5 Å². The Morgan fingerprint density at radius 1 is 0.680 bits per heavy atom. The van der Waals surface area contributed by atoms with Crippen LogP contribution in [0.5, 0.6) is 11.5 Å². The molecule has 2 heterocycles.